The summed E-state index contributed by atoms with van der Waals surface area (Å²) in [5.41, 5.74) is 1.78. The largest absolute Gasteiger partial charge is 0.481 e. The summed E-state index contributed by atoms with van der Waals surface area (Å²) in [5.74, 6) is -1.12. The van der Waals surface area contributed by atoms with Crippen LogP contribution in [0.25, 0.3) is 0 Å². The standard InChI is InChI=1S/C19H24N2O4/c1-12(2)13-3-5-15(6-4-13)21-17(22)11-16(18(21)23)20-9-7-14(8-10-20)19(24)25/h3-6,12,14,16H,7-11H2,1-2H3,(H,24,25)/t16-/m0/s1. The van der Waals surface area contributed by atoms with Gasteiger partial charge in [0.15, 0.2) is 0 Å². The van der Waals surface area contributed by atoms with Gasteiger partial charge in [-0.1, -0.05) is 26.0 Å². The monoisotopic (exact) mass is 344 g/mol. The zero-order valence-corrected chi connectivity index (χ0v) is 14.6. The number of imide groups is 1. The van der Waals surface area contributed by atoms with Gasteiger partial charge in [-0.3, -0.25) is 19.3 Å². The van der Waals surface area contributed by atoms with E-state index >= 15 is 0 Å². The van der Waals surface area contributed by atoms with Crippen molar-refractivity contribution < 1.29 is 19.5 Å². The van der Waals surface area contributed by atoms with E-state index in [0.29, 0.717) is 37.5 Å². The van der Waals surface area contributed by atoms with Crippen LogP contribution in [0, 0.1) is 5.92 Å². The molecule has 6 nitrogen and oxygen atoms in total. The Morgan fingerprint density at radius 3 is 2.24 bits per heavy atom. The number of hydrogen-bond donors (Lipinski definition) is 1. The molecule has 3 rings (SSSR count). The summed E-state index contributed by atoms with van der Waals surface area (Å²) in [4.78, 5) is 39.5. The van der Waals surface area contributed by atoms with Crippen molar-refractivity contribution >= 4 is 23.5 Å². The Labute approximate surface area is 147 Å². The van der Waals surface area contributed by atoms with Gasteiger partial charge < -0.3 is 5.11 Å². The number of carbonyl (C=O) groups excluding carboxylic acids is 2. The van der Waals surface area contributed by atoms with Crippen LogP contribution in [0.1, 0.15) is 44.6 Å². The fourth-order valence-electron chi connectivity index (χ4n) is 3.64. The molecule has 0 radical (unpaired) electrons. The average Bonchev–Trinajstić information content (AvgIpc) is 2.89. The number of hydrogen-bond acceptors (Lipinski definition) is 4. The minimum Gasteiger partial charge on any atom is -0.481 e. The fourth-order valence-corrected chi connectivity index (χ4v) is 3.64. The van der Waals surface area contributed by atoms with Gasteiger partial charge in [0.2, 0.25) is 5.91 Å². The lowest BCUT2D eigenvalue weighted by atomic mass is 9.95. The summed E-state index contributed by atoms with van der Waals surface area (Å²) in [5, 5.41) is 9.09. The molecule has 134 valence electrons. The molecular weight excluding hydrogens is 320 g/mol. The number of piperidine rings is 1. The topological polar surface area (TPSA) is 77.9 Å². The van der Waals surface area contributed by atoms with Crippen molar-refractivity contribution in [3.63, 3.8) is 0 Å². The van der Waals surface area contributed by atoms with E-state index < -0.39 is 12.0 Å². The lowest BCUT2D eigenvalue weighted by Crippen LogP contribution is -2.46. The molecule has 2 heterocycles. The first-order chi connectivity index (χ1) is 11.9. The summed E-state index contributed by atoms with van der Waals surface area (Å²) < 4.78 is 0. The zero-order valence-electron chi connectivity index (χ0n) is 14.6. The van der Waals surface area contributed by atoms with Crippen LogP contribution < -0.4 is 4.90 Å². The van der Waals surface area contributed by atoms with Crippen LogP contribution in [0.4, 0.5) is 5.69 Å². The summed E-state index contributed by atoms with van der Waals surface area (Å²) >= 11 is 0. The fraction of sp³-hybridized carbons (Fsp3) is 0.526. The molecule has 1 aromatic rings. The molecule has 25 heavy (non-hydrogen) atoms. The van der Waals surface area contributed by atoms with E-state index in [1.165, 1.54) is 4.90 Å². The van der Waals surface area contributed by atoms with Gasteiger partial charge in [0.25, 0.3) is 5.91 Å². The molecule has 0 aromatic heterocycles. The van der Waals surface area contributed by atoms with Crippen LogP contribution in [0.2, 0.25) is 0 Å². The van der Waals surface area contributed by atoms with E-state index in [1.807, 2.05) is 29.2 Å². The SMILES string of the molecule is CC(C)c1ccc(N2C(=O)C[C@H](N3CCC(C(=O)O)CC3)C2=O)cc1. The number of benzene rings is 1. The number of nitrogens with zero attached hydrogens (tertiary/aromatic N) is 2. The lowest BCUT2D eigenvalue weighted by Gasteiger charge is -2.33. The number of carboxylic acid groups (broad SMARTS) is 1. The lowest BCUT2D eigenvalue weighted by molar-refractivity contribution is -0.143. The minimum absolute atomic E-state index is 0.169. The summed E-state index contributed by atoms with van der Waals surface area (Å²) in [6, 6.07) is 7.08. The number of rotatable bonds is 4. The molecule has 0 bridgehead atoms. The molecule has 0 unspecified atom stereocenters. The second-order valence-electron chi connectivity index (χ2n) is 7.18. The molecule has 0 saturated carbocycles. The van der Waals surface area contributed by atoms with E-state index in [2.05, 4.69) is 13.8 Å². The van der Waals surface area contributed by atoms with E-state index in [4.69, 9.17) is 5.11 Å². The first-order valence-corrected chi connectivity index (χ1v) is 8.82. The van der Waals surface area contributed by atoms with Gasteiger partial charge in [0.05, 0.1) is 24.1 Å². The van der Waals surface area contributed by atoms with Gasteiger partial charge in [-0.25, -0.2) is 4.90 Å². The van der Waals surface area contributed by atoms with Crippen LogP contribution >= 0.6 is 0 Å². The molecule has 1 aromatic carbocycles. The predicted molar refractivity (Wildman–Crippen MR) is 93.4 cm³/mol. The van der Waals surface area contributed by atoms with Crippen molar-refractivity contribution in [3.8, 4) is 0 Å². The smallest absolute Gasteiger partial charge is 0.306 e. The summed E-state index contributed by atoms with van der Waals surface area (Å²) in [7, 11) is 0. The van der Waals surface area contributed by atoms with Crippen molar-refractivity contribution in [2.45, 2.75) is 45.1 Å². The number of carbonyl (C=O) groups is 3. The van der Waals surface area contributed by atoms with Gasteiger partial charge in [0.1, 0.15) is 0 Å². The highest BCUT2D eigenvalue weighted by molar-refractivity contribution is 6.22. The highest BCUT2D eigenvalue weighted by Crippen LogP contribution is 2.29. The molecular formula is C19H24N2O4. The second kappa shape index (κ2) is 6.96. The van der Waals surface area contributed by atoms with Crippen LogP contribution in [-0.4, -0.2) is 46.9 Å². The molecule has 2 fully saturated rings. The Kier molecular flexibility index (Phi) is 4.90. The van der Waals surface area contributed by atoms with Gasteiger partial charge >= 0.3 is 5.97 Å². The molecule has 2 aliphatic rings. The van der Waals surface area contributed by atoms with E-state index in [9.17, 15) is 14.4 Å². The Bertz CT molecular complexity index is 675. The molecule has 6 heteroatoms. The molecule has 1 N–H and O–H groups in total. The van der Waals surface area contributed by atoms with Gasteiger partial charge in [-0.2, -0.15) is 0 Å². The Morgan fingerprint density at radius 1 is 1.12 bits per heavy atom. The first kappa shape index (κ1) is 17.6. The third-order valence-electron chi connectivity index (χ3n) is 5.26. The van der Waals surface area contributed by atoms with Gasteiger partial charge in [0, 0.05) is 0 Å². The van der Waals surface area contributed by atoms with Crippen LogP contribution in [0.3, 0.4) is 0 Å². The number of aliphatic carboxylic acids is 1. The van der Waals surface area contributed by atoms with E-state index in [0.717, 1.165) is 5.56 Å². The van der Waals surface area contributed by atoms with Crippen molar-refractivity contribution in [1.29, 1.82) is 0 Å². The maximum absolute atomic E-state index is 12.8. The zero-order chi connectivity index (χ0) is 18.1. The number of amides is 2. The molecule has 2 aliphatic heterocycles. The molecule has 2 saturated heterocycles. The quantitative estimate of drug-likeness (QED) is 0.848. The normalized spacial score (nSPS) is 22.8. The molecule has 1 atom stereocenters. The van der Waals surface area contributed by atoms with Crippen LogP contribution in [0.15, 0.2) is 24.3 Å². The van der Waals surface area contributed by atoms with Crippen molar-refractivity contribution in [3.05, 3.63) is 29.8 Å². The Morgan fingerprint density at radius 2 is 1.72 bits per heavy atom. The molecule has 0 aliphatic carbocycles. The third kappa shape index (κ3) is 3.44. The number of likely N-dealkylation sites (tertiary alicyclic amines) is 1. The minimum atomic E-state index is -0.777. The second-order valence-corrected chi connectivity index (χ2v) is 7.18. The number of carboxylic acids is 1. The van der Waals surface area contributed by atoms with Crippen LogP contribution in [-0.2, 0) is 14.4 Å². The number of anilines is 1. The third-order valence-corrected chi connectivity index (χ3v) is 5.26. The highest BCUT2D eigenvalue weighted by atomic mass is 16.4. The maximum atomic E-state index is 12.8. The molecule has 2 amide bonds. The highest BCUT2D eigenvalue weighted by Gasteiger charge is 2.43. The van der Waals surface area contributed by atoms with Crippen molar-refractivity contribution in [1.82, 2.24) is 4.90 Å². The first-order valence-electron chi connectivity index (χ1n) is 8.82. The van der Waals surface area contributed by atoms with Crippen LogP contribution in [0.5, 0.6) is 0 Å². The summed E-state index contributed by atoms with van der Waals surface area (Å²) in [6.45, 7) is 5.28. The van der Waals surface area contributed by atoms with Gasteiger partial charge in [-0.15, -0.1) is 0 Å². The van der Waals surface area contributed by atoms with Crippen molar-refractivity contribution in [2.24, 2.45) is 5.92 Å². The van der Waals surface area contributed by atoms with Gasteiger partial charge in [-0.05, 0) is 49.5 Å². The average molecular weight is 344 g/mol. The summed E-state index contributed by atoms with van der Waals surface area (Å²) in [6.07, 6.45) is 1.22. The Balaban J connectivity index is 1.71. The van der Waals surface area contributed by atoms with Crippen molar-refractivity contribution in [2.75, 3.05) is 18.0 Å². The molecule has 0 spiro atoms. The van der Waals surface area contributed by atoms with E-state index in [-0.39, 0.29) is 24.2 Å². The Hall–Kier alpha value is -2.21. The maximum Gasteiger partial charge on any atom is 0.306 e. The predicted octanol–water partition coefficient (Wildman–Crippen LogP) is 2.24. The van der Waals surface area contributed by atoms with E-state index in [1.54, 1.807) is 0 Å².